The molecule has 1 rings (SSSR count). The summed E-state index contributed by atoms with van der Waals surface area (Å²) in [5.41, 5.74) is -0.123. The number of hydrogen-bond donors (Lipinski definition) is 1. The van der Waals surface area contributed by atoms with Crippen LogP contribution < -0.4 is 4.89 Å². The first-order valence-corrected chi connectivity index (χ1v) is 6.65. The molecule has 0 unspecified atom stereocenters. The van der Waals surface area contributed by atoms with Crippen molar-refractivity contribution in [2.24, 2.45) is 0 Å². The fourth-order valence-electron chi connectivity index (χ4n) is 1.50. The minimum Gasteiger partial charge on any atom is -0.465 e. The zero-order valence-corrected chi connectivity index (χ0v) is 11.4. The van der Waals surface area contributed by atoms with Gasteiger partial charge in [-0.15, -0.1) is 0 Å². The van der Waals surface area contributed by atoms with Crippen LogP contribution in [-0.2, 0) is 19.6 Å². The van der Waals surface area contributed by atoms with Crippen molar-refractivity contribution in [3.63, 3.8) is 0 Å². The third kappa shape index (κ3) is 2.71. The van der Waals surface area contributed by atoms with Crippen LogP contribution in [-0.4, -0.2) is 28.1 Å². The molecule has 0 aliphatic heterocycles. The average molecular weight is 277 g/mol. The Morgan fingerprint density at radius 3 is 2.44 bits per heavy atom. The number of ether oxygens (including phenoxy) is 1. The number of rotatable bonds is 5. The Bertz CT molecular complexity index is 545. The molecule has 1 aromatic rings. The molecule has 0 bridgehead atoms. The third-order valence-electron chi connectivity index (χ3n) is 2.18. The maximum Gasteiger partial charge on any atom is 0.342 e. The predicted octanol–water partition coefficient (Wildman–Crippen LogP) is 0.913. The largest absolute Gasteiger partial charge is 0.465 e. The monoisotopic (exact) mass is 277 g/mol. The number of aryl methyl sites for hydroxylation is 2. The summed E-state index contributed by atoms with van der Waals surface area (Å²) in [6.45, 7) is 4.71. The molecule has 0 aliphatic carbocycles. The van der Waals surface area contributed by atoms with Crippen LogP contribution in [0.3, 0.4) is 0 Å². The molecule has 0 aromatic carbocycles. The quantitative estimate of drug-likeness (QED) is 0.635. The maximum atomic E-state index is 12.0. The molecule has 1 aromatic heterocycles. The molecular formula is C10H15NO6S. The second kappa shape index (κ2) is 5.51. The Labute approximate surface area is 105 Å². The summed E-state index contributed by atoms with van der Waals surface area (Å²) in [5.74, 6) is -0.502. The second-order valence-corrected chi connectivity index (χ2v) is 5.01. The van der Waals surface area contributed by atoms with E-state index >= 15 is 0 Å². The van der Waals surface area contributed by atoms with Crippen molar-refractivity contribution in [2.75, 3.05) is 13.7 Å². The lowest BCUT2D eigenvalue weighted by atomic mass is 10.2. The molecule has 1 N–H and O–H groups in total. The predicted molar refractivity (Wildman–Crippen MR) is 61.5 cm³/mol. The molecule has 0 aliphatic rings. The molecular weight excluding hydrogens is 262 g/mol. The summed E-state index contributed by atoms with van der Waals surface area (Å²) in [7, 11) is -2.82. The number of sulfonamides is 1. The van der Waals surface area contributed by atoms with Crippen molar-refractivity contribution < 1.29 is 27.2 Å². The average Bonchev–Trinajstić information content (AvgIpc) is 2.61. The van der Waals surface area contributed by atoms with Crippen molar-refractivity contribution >= 4 is 16.0 Å². The van der Waals surface area contributed by atoms with Crippen molar-refractivity contribution in [3.05, 3.63) is 17.1 Å². The number of nitrogens with one attached hydrogen (secondary N) is 1. The molecule has 18 heavy (non-hydrogen) atoms. The highest BCUT2D eigenvalue weighted by Gasteiger charge is 2.31. The van der Waals surface area contributed by atoms with Gasteiger partial charge in [-0.25, -0.2) is 13.2 Å². The van der Waals surface area contributed by atoms with E-state index in [9.17, 15) is 13.2 Å². The molecule has 0 saturated carbocycles. The normalized spacial score (nSPS) is 11.6. The highest BCUT2D eigenvalue weighted by molar-refractivity contribution is 7.89. The number of carbonyl (C=O) groups excluding carboxylic acids is 1. The molecule has 0 radical (unpaired) electrons. The first-order valence-electron chi connectivity index (χ1n) is 5.17. The van der Waals surface area contributed by atoms with E-state index in [1.807, 2.05) is 4.89 Å². The molecule has 102 valence electrons. The van der Waals surface area contributed by atoms with Crippen molar-refractivity contribution in [3.8, 4) is 0 Å². The van der Waals surface area contributed by atoms with Gasteiger partial charge in [-0.2, -0.15) is 0 Å². The summed E-state index contributed by atoms with van der Waals surface area (Å²) in [6.07, 6.45) is 0. The summed E-state index contributed by atoms with van der Waals surface area (Å²) in [5, 5.41) is 0. The fraction of sp³-hybridized carbons (Fsp3) is 0.500. The van der Waals surface area contributed by atoms with E-state index in [0.29, 0.717) is 0 Å². The number of hydrogen-bond acceptors (Lipinski definition) is 6. The van der Waals surface area contributed by atoms with Gasteiger partial charge in [-0.3, -0.25) is 4.84 Å². The molecule has 7 nitrogen and oxygen atoms in total. The van der Waals surface area contributed by atoms with E-state index in [1.54, 1.807) is 6.92 Å². The van der Waals surface area contributed by atoms with Gasteiger partial charge in [0, 0.05) is 0 Å². The molecule has 0 amide bonds. The first-order chi connectivity index (χ1) is 8.35. The zero-order chi connectivity index (χ0) is 13.9. The Balaban J connectivity index is 3.36. The Morgan fingerprint density at radius 2 is 1.94 bits per heavy atom. The van der Waals surface area contributed by atoms with E-state index in [0.717, 1.165) is 7.11 Å². The van der Waals surface area contributed by atoms with Crippen molar-refractivity contribution in [1.29, 1.82) is 0 Å². The minimum atomic E-state index is -3.98. The maximum absolute atomic E-state index is 12.0. The SMILES string of the molecule is CCONS(=O)(=O)c1c(C)oc(C)c1C(=O)OC. The smallest absolute Gasteiger partial charge is 0.342 e. The van der Waals surface area contributed by atoms with Gasteiger partial charge in [0.1, 0.15) is 22.0 Å². The van der Waals surface area contributed by atoms with Crippen LogP contribution >= 0.6 is 0 Å². The summed E-state index contributed by atoms with van der Waals surface area (Å²) >= 11 is 0. The van der Waals surface area contributed by atoms with Crippen molar-refractivity contribution in [2.45, 2.75) is 25.7 Å². The van der Waals surface area contributed by atoms with Gasteiger partial charge < -0.3 is 9.15 Å². The Hall–Kier alpha value is -1.38. The zero-order valence-electron chi connectivity index (χ0n) is 10.6. The highest BCUT2D eigenvalue weighted by atomic mass is 32.2. The van der Waals surface area contributed by atoms with Crippen LogP contribution in [0.25, 0.3) is 0 Å². The van der Waals surface area contributed by atoms with E-state index in [4.69, 9.17) is 4.42 Å². The lowest BCUT2D eigenvalue weighted by Gasteiger charge is -2.06. The topological polar surface area (TPSA) is 94.8 Å². The van der Waals surface area contributed by atoms with Gasteiger partial charge in [-0.1, -0.05) is 4.89 Å². The van der Waals surface area contributed by atoms with Gasteiger partial charge >= 0.3 is 5.97 Å². The highest BCUT2D eigenvalue weighted by Crippen LogP contribution is 2.27. The minimum absolute atomic E-state index is 0.0973. The van der Waals surface area contributed by atoms with E-state index < -0.39 is 16.0 Å². The molecule has 0 fully saturated rings. The molecule has 0 saturated heterocycles. The van der Waals surface area contributed by atoms with Crippen LogP contribution in [0.1, 0.15) is 28.8 Å². The van der Waals surface area contributed by atoms with E-state index in [2.05, 4.69) is 9.57 Å². The molecule has 8 heteroatoms. The standard InChI is InChI=1S/C10H15NO6S/c1-5-16-11-18(13,14)9-7(3)17-6(2)8(9)10(12)15-4/h11H,5H2,1-4H3. The van der Waals surface area contributed by atoms with Gasteiger partial charge in [-0.05, 0) is 20.8 Å². The van der Waals surface area contributed by atoms with Gasteiger partial charge in [0.15, 0.2) is 0 Å². The van der Waals surface area contributed by atoms with Gasteiger partial charge in [0.05, 0.1) is 13.7 Å². The van der Waals surface area contributed by atoms with Crippen LogP contribution in [0.15, 0.2) is 9.31 Å². The van der Waals surface area contributed by atoms with Gasteiger partial charge in [0.25, 0.3) is 10.0 Å². The number of methoxy groups -OCH3 is 1. The lowest BCUT2D eigenvalue weighted by Crippen LogP contribution is -2.26. The Kier molecular flexibility index (Phi) is 4.49. The van der Waals surface area contributed by atoms with Crippen LogP contribution in [0.5, 0.6) is 0 Å². The lowest BCUT2D eigenvalue weighted by molar-refractivity contribution is 0.0594. The first kappa shape index (κ1) is 14.7. The van der Waals surface area contributed by atoms with E-state index in [-0.39, 0.29) is 28.6 Å². The molecule has 0 spiro atoms. The number of furan rings is 1. The summed E-state index contributed by atoms with van der Waals surface area (Å²) in [4.78, 5) is 17.9. The van der Waals surface area contributed by atoms with Crippen LogP contribution in [0, 0.1) is 13.8 Å². The fourth-order valence-corrected chi connectivity index (χ4v) is 2.78. The molecule has 1 heterocycles. The van der Waals surface area contributed by atoms with Crippen molar-refractivity contribution in [1.82, 2.24) is 4.89 Å². The number of esters is 1. The van der Waals surface area contributed by atoms with E-state index in [1.165, 1.54) is 13.8 Å². The Morgan fingerprint density at radius 1 is 1.33 bits per heavy atom. The number of carbonyl (C=O) groups is 1. The summed E-state index contributed by atoms with van der Waals surface area (Å²) in [6, 6.07) is 0. The van der Waals surface area contributed by atoms with Crippen LogP contribution in [0.4, 0.5) is 0 Å². The van der Waals surface area contributed by atoms with Crippen LogP contribution in [0.2, 0.25) is 0 Å². The summed E-state index contributed by atoms with van der Waals surface area (Å²) < 4.78 is 33.6. The second-order valence-electron chi connectivity index (χ2n) is 3.43. The molecule has 0 atom stereocenters. The van der Waals surface area contributed by atoms with Gasteiger partial charge in [0.2, 0.25) is 0 Å². The third-order valence-corrected chi connectivity index (χ3v) is 3.54.